The second-order valence-electron chi connectivity index (χ2n) is 3.58. The van der Waals surface area contributed by atoms with E-state index in [2.05, 4.69) is 5.32 Å². The Morgan fingerprint density at radius 2 is 2.18 bits per heavy atom. The lowest BCUT2D eigenvalue weighted by molar-refractivity contribution is -0.125. The van der Waals surface area contributed by atoms with Gasteiger partial charge in [0.1, 0.15) is 0 Å². The van der Waals surface area contributed by atoms with Crippen molar-refractivity contribution in [1.29, 1.82) is 0 Å². The first-order valence-electron chi connectivity index (χ1n) is 5.36. The minimum Gasteiger partial charge on any atom is -0.395 e. The SMILES string of the molecule is O=C1C(=CNc2ccccc2)SCN1CCO. The lowest BCUT2D eigenvalue weighted by atomic mass is 10.3. The number of carbonyl (C=O) groups excluding carboxylic acids is 1. The van der Waals surface area contributed by atoms with Gasteiger partial charge in [0.25, 0.3) is 5.91 Å². The second kappa shape index (κ2) is 5.75. The molecule has 0 saturated carbocycles. The van der Waals surface area contributed by atoms with E-state index in [1.165, 1.54) is 11.8 Å². The number of carbonyl (C=O) groups is 1. The summed E-state index contributed by atoms with van der Waals surface area (Å²) in [5.41, 5.74) is 0.953. The van der Waals surface area contributed by atoms with Crippen molar-refractivity contribution in [3.63, 3.8) is 0 Å². The fraction of sp³-hybridized carbons (Fsp3) is 0.250. The maximum Gasteiger partial charge on any atom is 0.262 e. The van der Waals surface area contributed by atoms with Gasteiger partial charge in [0, 0.05) is 18.4 Å². The van der Waals surface area contributed by atoms with Gasteiger partial charge < -0.3 is 15.3 Å². The van der Waals surface area contributed by atoms with Gasteiger partial charge in [-0.15, -0.1) is 0 Å². The Kier molecular flexibility index (Phi) is 4.06. The summed E-state index contributed by atoms with van der Waals surface area (Å²) in [5.74, 6) is 0.592. The number of β-amino-alcohol motifs (C(OH)–C–C–N with tert-alkyl or cyclic N) is 1. The number of benzene rings is 1. The molecule has 2 rings (SSSR count). The number of aliphatic hydroxyl groups excluding tert-OH is 1. The van der Waals surface area contributed by atoms with Gasteiger partial charge in [0.15, 0.2) is 0 Å². The van der Waals surface area contributed by atoms with E-state index in [1.54, 1.807) is 11.1 Å². The molecule has 1 saturated heterocycles. The van der Waals surface area contributed by atoms with Gasteiger partial charge in [0.05, 0.1) is 17.4 Å². The maximum absolute atomic E-state index is 11.8. The topological polar surface area (TPSA) is 52.6 Å². The molecule has 1 amide bonds. The number of nitrogens with zero attached hydrogens (tertiary/aromatic N) is 1. The van der Waals surface area contributed by atoms with Gasteiger partial charge in [-0.2, -0.15) is 0 Å². The van der Waals surface area contributed by atoms with Gasteiger partial charge in [-0.05, 0) is 12.1 Å². The molecule has 0 radical (unpaired) electrons. The Labute approximate surface area is 104 Å². The number of anilines is 1. The Morgan fingerprint density at radius 1 is 1.41 bits per heavy atom. The minimum absolute atomic E-state index is 0.00565. The highest BCUT2D eigenvalue weighted by Gasteiger charge is 2.25. The zero-order valence-corrected chi connectivity index (χ0v) is 10.1. The number of aliphatic hydroxyl groups is 1. The number of hydrogen-bond acceptors (Lipinski definition) is 4. The number of rotatable bonds is 4. The highest BCUT2D eigenvalue weighted by molar-refractivity contribution is 8.04. The quantitative estimate of drug-likeness (QED) is 0.794. The lowest BCUT2D eigenvalue weighted by Gasteiger charge is -2.11. The van der Waals surface area contributed by atoms with Crippen LogP contribution in [0, 0.1) is 0 Å². The molecule has 0 atom stereocenters. The van der Waals surface area contributed by atoms with Crippen molar-refractivity contribution >= 4 is 23.4 Å². The highest BCUT2D eigenvalue weighted by Crippen LogP contribution is 2.27. The third kappa shape index (κ3) is 3.01. The molecule has 4 nitrogen and oxygen atoms in total. The largest absolute Gasteiger partial charge is 0.395 e. The van der Waals surface area contributed by atoms with Crippen molar-refractivity contribution in [2.75, 3.05) is 24.3 Å². The summed E-state index contributed by atoms with van der Waals surface area (Å²) < 4.78 is 0. The van der Waals surface area contributed by atoms with Crippen molar-refractivity contribution in [2.24, 2.45) is 0 Å². The first-order valence-corrected chi connectivity index (χ1v) is 6.34. The zero-order chi connectivity index (χ0) is 12.1. The lowest BCUT2D eigenvalue weighted by Crippen LogP contribution is -2.28. The molecule has 0 unspecified atom stereocenters. The van der Waals surface area contributed by atoms with E-state index in [9.17, 15) is 4.79 Å². The molecule has 0 aromatic heterocycles. The van der Waals surface area contributed by atoms with Crippen LogP contribution in [0.4, 0.5) is 5.69 Å². The molecule has 1 aliphatic rings. The van der Waals surface area contributed by atoms with Crippen molar-refractivity contribution in [3.05, 3.63) is 41.4 Å². The first kappa shape index (κ1) is 12.0. The minimum atomic E-state index is -0.0209. The van der Waals surface area contributed by atoms with Gasteiger partial charge >= 0.3 is 0 Å². The Hall–Kier alpha value is -1.46. The Morgan fingerprint density at radius 3 is 2.88 bits per heavy atom. The van der Waals surface area contributed by atoms with Gasteiger partial charge in [0.2, 0.25) is 0 Å². The molecule has 1 aromatic carbocycles. The number of thioether (sulfide) groups is 1. The van der Waals surface area contributed by atoms with Crippen molar-refractivity contribution in [1.82, 2.24) is 4.90 Å². The molecule has 5 heteroatoms. The van der Waals surface area contributed by atoms with Crippen molar-refractivity contribution < 1.29 is 9.90 Å². The van der Waals surface area contributed by atoms with E-state index in [0.29, 0.717) is 17.3 Å². The fourth-order valence-electron chi connectivity index (χ4n) is 1.50. The summed E-state index contributed by atoms with van der Waals surface area (Å²) >= 11 is 1.48. The molecule has 1 aromatic rings. The Balaban J connectivity index is 1.97. The monoisotopic (exact) mass is 250 g/mol. The predicted molar refractivity (Wildman–Crippen MR) is 69.4 cm³/mol. The van der Waals surface area contributed by atoms with Crippen LogP contribution in [0.15, 0.2) is 41.4 Å². The molecule has 90 valence electrons. The molecular weight excluding hydrogens is 236 g/mol. The van der Waals surface area contributed by atoms with Crippen LogP contribution >= 0.6 is 11.8 Å². The van der Waals surface area contributed by atoms with Crippen LogP contribution in [0.25, 0.3) is 0 Å². The molecule has 1 aliphatic heterocycles. The Bertz CT molecular complexity index is 420. The highest BCUT2D eigenvalue weighted by atomic mass is 32.2. The number of nitrogens with one attached hydrogen (secondary N) is 1. The van der Waals surface area contributed by atoms with Crippen LogP contribution in [0.3, 0.4) is 0 Å². The molecule has 1 heterocycles. The average molecular weight is 250 g/mol. The molecule has 2 N–H and O–H groups in total. The van der Waals surface area contributed by atoms with Gasteiger partial charge in [-0.1, -0.05) is 30.0 Å². The van der Waals surface area contributed by atoms with Crippen molar-refractivity contribution in [2.45, 2.75) is 0 Å². The standard InChI is InChI=1S/C12H14N2O2S/c15-7-6-14-9-17-11(12(14)16)8-13-10-4-2-1-3-5-10/h1-5,8,13,15H,6-7,9H2. The zero-order valence-electron chi connectivity index (χ0n) is 9.30. The van der Waals surface area contributed by atoms with E-state index < -0.39 is 0 Å². The average Bonchev–Trinajstić information content (AvgIpc) is 2.70. The summed E-state index contributed by atoms with van der Waals surface area (Å²) in [6, 6.07) is 9.68. The van der Waals surface area contributed by atoms with Gasteiger partial charge in [-0.25, -0.2) is 0 Å². The van der Waals surface area contributed by atoms with Crippen LogP contribution in [0.2, 0.25) is 0 Å². The van der Waals surface area contributed by atoms with E-state index in [-0.39, 0.29) is 12.5 Å². The molecular formula is C12H14N2O2S. The smallest absolute Gasteiger partial charge is 0.262 e. The molecule has 17 heavy (non-hydrogen) atoms. The third-order valence-corrected chi connectivity index (χ3v) is 3.43. The first-order chi connectivity index (χ1) is 8.31. The summed E-state index contributed by atoms with van der Waals surface area (Å²) in [4.78, 5) is 14.1. The van der Waals surface area contributed by atoms with E-state index in [4.69, 9.17) is 5.11 Å². The summed E-state index contributed by atoms with van der Waals surface area (Å²) in [5, 5.41) is 11.9. The second-order valence-corrected chi connectivity index (χ2v) is 4.57. The van der Waals surface area contributed by atoms with Crippen LogP contribution < -0.4 is 5.32 Å². The summed E-state index contributed by atoms with van der Waals surface area (Å²) in [6.07, 6.45) is 1.72. The van der Waals surface area contributed by atoms with Gasteiger partial charge in [-0.3, -0.25) is 4.79 Å². The van der Waals surface area contributed by atoms with E-state index in [0.717, 1.165) is 5.69 Å². The van der Waals surface area contributed by atoms with Crippen LogP contribution in [0.1, 0.15) is 0 Å². The summed E-state index contributed by atoms with van der Waals surface area (Å²) in [6.45, 7) is 0.403. The molecule has 1 fully saturated rings. The maximum atomic E-state index is 11.8. The number of hydrogen-bond donors (Lipinski definition) is 2. The van der Waals surface area contributed by atoms with E-state index >= 15 is 0 Å². The number of amides is 1. The van der Waals surface area contributed by atoms with Crippen LogP contribution in [-0.4, -0.2) is 34.9 Å². The number of para-hydroxylation sites is 1. The van der Waals surface area contributed by atoms with Crippen LogP contribution in [0.5, 0.6) is 0 Å². The van der Waals surface area contributed by atoms with Crippen LogP contribution in [-0.2, 0) is 4.79 Å². The predicted octanol–water partition coefficient (Wildman–Crippen LogP) is 1.47. The molecule has 0 aliphatic carbocycles. The van der Waals surface area contributed by atoms with E-state index in [1.807, 2.05) is 30.3 Å². The molecule has 0 spiro atoms. The third-order valence-electron chi connectivity index (χ3n) is 2.39. The fourth-order valence-corrected chi connectivity index (χ4v) is 2.43. The summed E-state index contributed by atoms with van der Waals surface area (Å²) in [7, 11) is 0. The molecule has 0 bridgehead atoms. The normalized spacial score (nSPS) is 17.8. The van der Waals surface area contributed by atoms with Crippen molar-refractivity contribution in [3.8, 4) is 0 Å².